The molecular weight excluding hydrogens is 408 g/mol. The highest BCUT2D eigenvalue weighted by Crippen LogP contribution is 2.25. The molecule has 1 aromatic heterocycles. The molecule has 3 aromatic rings. The summed E-state index contributed by atoms with van der Waals surface area (Å²) in [5, 5.41) is 5.50. The molecule has 1 aliphatic heterocycles. The smallest absolute Gasteiger partial charge is 0.326 e. The highest BCUT2D eigenvalue weighted by atomic mass is 16.2. The van der Waals surface area contributed by atoms with E-state index in [2.05, 4.69) is 15.6 Å². The van der Waals surface area contributed by atoms with Crippen LogP contribution in [0.3, 0.4) is 0 Å². The Kier molecular flexibility index (Phi) is 5.77. The number of benzene rings is 2. The molecule has 0 radical (unpaired) electrons. The van der Waals surface area contributed by atoms with Gasteiger partial charge in [-0.1, -0.05) is 36.4 Å². The van der Waals surface area contributed by atoms with E-state index in [0.29, 0.717) is 11.3 Å². The second kappa shape index (κ2) is 8.66. The van der Waals surface area contributed by atoms with Gasteiger partial charge in [-0.05, 0) is 49.1 Å². The van der Waals surface area contributed by atoms with Gasteiger partial charge in [0.05, 0.1) is 18.0 Å². The maximum atomic E-state index is 12.8. The second-order valence-electron chi connectivity index (χ2n) is 8.10. The molecule has 1 aliphatic rings. The van der Waals surface area contributed by atoms with Gasteiger partial charge in [0.25, 0.3) is 5.56 Å². The molecule has 8 heteroatoms. The molecule has 2 amide bonds. The van der Waals surface area contributed by atoms with E-state index in [1.54, 1.807) is 0 Å². The molecular formula is C24H24N4O4. The third kappa shape index (κ3) is 4.39. The average Bonchev–Trinajstić information content (AvgIpc) is 2.75. The lowest BCUT2D eigenvalue weighted by Gasteiger charge is -2.26. The zero-order valence-electron chi connectivity index (χ0n) is 17.9. The van der Waals surface area contributed by atoms with Gasteiger partial charge in [-0.15, -0.1) is 0 Å². The van der Waals surface area contributed by atoms with Crippen molar-refractivity contribution in [1.82, 2.24) is 9.55 Å². The maximum absolute atomic E-state index is 12.8. The summed E-state index contributed by atoms with van der Waals surface area (Å²) >= 11 is 0. The van der Waals surface area contributed by atoms with Crippen molar-refractivity contribution in [3.63, 3.8) is 0 Å². The first-order chi connectivity index (χ1) is 15.3. The van der Waals surface area contributed by atoms with E-state index in [9.17, 15) is 19.2 Å². The van der Waals surface area contributed by atoms with Crippen LogP contribution in [0, 0.1) is 19.8 Å². The molecule has 0 fully saturated rings. The standard InChI is InChI=1S/C24H24N4O4/c1-14-8-9-18(10-15(14)2)25-20(29)12-17-11-19-21(26-22(17)30)28(24(32)27-23(19)31)13-16-6-4-3-5-7-16/h3-10,17H,11-13H2,1-2H3,(H,25,29)(H,26,30)(H,27,31,32)/t17-/m1/s1. The molecule has 0 bridgehead atoms. The second-order valence-corrected chi connectivity index (χ2v) is 8.10. The van der Waals surface area contributed by atoms with Gasteiger partial charge in [0.2, 0.25) is 11.8 Å². The molecule has 2 aromatic carbocycles. The number of nitrogens with one attached hydrogen (secondary N) is 3. The first-order valence-corrected chi connectivity index (χ1v) is 10.4. The average molecular weight is 432 g/mol. The molecule has 4 rings (SSSR count). The van der Waals surface area contributed by atoms with E-state index in [4.69, 9.17) is 0 Å². The summed E-state index contributed by atoms with van der Waals surface area (Å²) in [6, 6.07) is 14.9. The molecule has 2 heterocycles. The number of amides is 2. The van der Waals surface area contributed by atoms with Crippen LogP contribution in [-0.4, -0.2) is 21.4 Å². The minimum atomic E-state index is -0.710. The van der Waals surface area contributed by atoms with Gasteiger partial charge >= 0.3 is 5.69 Å². The molecule has 3 N–H and O–H groups in total. The summed E-state index contributed by atoms with van der Waals surface area (Å²) < 4.78 is 1.34. The molecule has 0 saturated heterocycles. The summed E-state index contributed by atoms with van der Waals surface area (Å²) in [5.74, 6) is -1.22. The normalized spacial score (nSPS) is 15.1. The highest BCUT2D eigenvalue weighted by Gasteiger charge is 2.32. The van der Waals surface area contributed by atoms with E-state index < -0.39 is 17.2 Å². The Bertz CT molecular complexity index is 1310. The van der Waals surface area contributed by atoms with E-state index in [1.165, 1.54) is 4.57 Å². The first kappa shape index (κ1) is 21.3. The lowest BCUT2D eigenvalue weighted by atomic mass is 9.92. The van der Waals surface area contributed by atoms with Crippen LogP contribution < -0.4 is 21.9 Å². The molecule has 0 saturated carbocycles. The Hall–Kier alpha value is -3.94. The van der Waals surface area contributed by atoms with E-state index in [1.807, 2.05) is 62.4 Å². The lowest BCUT2D eigenvalue weighted by molar-refractivity contribution is -0.125. The van der Waals surface area contributed by atoms with Gasteiger partial charge in [0.1, 0.15) is 5.82 Å². The molecule has 0 unspecified atom stereocenters. The predicted octanol–water partition coefficient (Wildman–Crippen LogP) is 2.34. The molecule has 164 valence electrons. The number of hydrogen-bond acceptors (Lipinski definition) is 4. The number of aryl methyl sites for hydroxylation is 2. The minimum Gasteiger partial charge on any atom is -0.326 e. The molecule has 0 spiro atoms. The van der Waals surface area contributed by atoms with E-state index in [0.717, 1.165) is 16.7 Å². The monoisotopic (exact) mass is 432 g/mol. The number of hydrogen-bond donors (Lipinski definition) is 3. The van der Waals surface area contributed by atoms with Crippen molar-refractivity contribution in [1.29, 1.82) is 0 Å². The van der Waals surface area contributed by atoms with Crippen molar-refractivity contribution in [2.45, 2.75) is 33.2 Å². The third-order valence-corrected chi connectivity index (χ3v) is 5.76. The fourth-order valence-electron chi connectivity index (χ4n) is 3.84. The van der Waals surface area contributed by atoms with Gasteiger partial charge in [0.15, 0.2) is 0 Å². The van der Waals surface area contributed by atoms with Crippen molar-refractivity contribution >= 4 is 23.3 Å². The number of carbonyl (C=O) groups is 2. The van der Waals surface area contributed by atoms with Gasteiger partial charge < -0.3 is 10.6 Å². The third-order valence-electron chi connectivity index (χ3n) is 5.76. The number of rotatable bonds is 5. The quantitative estimate of drug-likeness (QED) is 0.574. The lowest BCUT2D eigenvalue weighted by Crippen LogP contribution is -2.42. The van der Waals surface area contributed by atoms with Crippen LogP contribution in [-0.2, 0) is 22.6 Å². The van der Waals surface area contributed by atoms with Crippen molar-refractivity contribution in [3.05, 3.63) is 91.6 Å². The van der Waals surface area contributed by atoms with Crippen molar-refractivity contribution < 1.29 is 9.59 Å². The van der Waals surface area contributed by atoms with Gasteiger partial charge in [-0.2, -0.15) is 0 Å². The summed E-state index contributed by atoms with van der Waals surface area (Å²) in [4.78, 5) is 52.5. The Balaban J connectivity index is 1.55. The SMILES string of the molecule is Cc1ccc(NC(=O)C[C@H]2Cc3c(n(Cc4ccccc4)c(=O)[nH]c3=O)NC2=O)cc1C. The zero-order chi connectivity index (χ0) is 22.8. The number of H-pyrrole nitrogens is 1. The van der Waals surface area contributed by atoms with Crippen LogP contribution >= 0.6 is 0 Å². The van der Waals surface area contributed by atoms with Crippen molar-refractivity contribution in [2.24, 2.45) is 5.92 Å². The van der Waals surface area contributed by atoms with Crippen molar-refractivity contribution in [3.8, 4) is 0 Å². The summed E-state index contributed by atoms with van der Waals surface area (Å²) in [5.41, 5.74) is 2.83. The van der Waals surface area contributed by atoms with E-state index in [-0.39, 0.29) is 37.0 Å². The number of aromatic nitrogens is 2. The number of fused-ring (bicyclic) bond motifs is 1. The fourth-order valence-corrected chi connectivity index (χ4v) is 3.84. The highest BCUT2D eigenvalue weighted by molar-refractivity contribution is 5.99. The Morgan fingerprint density at radius 2 is 1.81 bits per heavy atom. The van der Waals surface area contributed by atoms with Crippen LogP contribution in [0.25, 0.3) is 0 Å². The van der Waals surface area contributed by atoms with Crippen LogP contribution in [0.1, 0.15) is 28.7 Å². The molecule has 8 nitrogen and oxygen atoms in total. The largest absolute Gasteiger partial charge is 0.330 e. The predicted molar refractivity (Wildman–Crippen MR) is 122 cm³/mol. The topological polar surface area (TPSA) is 113 Å². The Labute approximate surface area is 184 Å². The molecule has 0 aliphatic carbocycles. The fraction of sp³-hybridized carbons (Fsp3) is 0.250. The summed E-state index contributed by atoms with van der Waals surface area (Å²) in [6.07, 6.45) is 0.00135. The van der Waals surface area contributed by atoms with Gasteiger partial charge in [-0.3, -0.25) is 23.9 Å². The Morgan fingerprint density at radius 3 is 2.53 bits per heavy atom. The Morgan fingerprint density at radius 1 is 1.06 bits per heavy atom. The van der Waals surface area contributed by atoms with Crippen LogP contribution in [0.15, 0.2) is 58.1 Å². The maximum Gasteiger partial charge on any atom is 0.330 e. The summed E-state index contributed by atoms with van der Waals surface area (Å²) in [6.45, 7) is 4.15. The van der Waals surface area contributed by atoms with Gasteiger partial charge in [0, 0.05) is 12.1 Å². The number of aromatic amines is 1. The molecule has 32 heavy (non-hydrogen) atoms. The summed E-state index contributed by atoms with van der Waals surface area (Å²) in [7, 11) is 0. The number of nitrogens with zero attached hydrogens (tertiary/aromatic N) is 1. The van der Waals surface area contributed by atoms with Crippen LogP contribution in [0.2, 0.25) is 0 Å². The van der Waals surface area contributed by atoms with Crippen LogP contribution in [0.5, 0.6) is 0 Å². The number of carbonyl (C=O) groups excluding carboxylic acids is 2. The minimum absolute atomic E-state index is 0.0740. The van der Waals surface area contributed by atoms with Crippen molar-refractivity contribution in [2.75, 3.05) is 10.6 Å². The number of anilines is 2. The molecule has 1 atom stereocenters. The van der Waals surface area contributed by atoms with Crippen LogP contribution in [0.4, 0.5) is 11.5 Å². The van der Waals surface area contributed by atoms with Gasteiger partial charge in [-0.25, -0.2) is 4.79 Å². The zero-order valence-corrected chi connectivity index (χ0v) is 17.9. The first-order valence-electron chi connectivity index (χ1n) is 10.4. The van der Waals surface area contributed by atoms with E-state index >= 15 is 0 Å².